The van der Waals surface area contributed by atoms with Crippen molar-refractivity contribution in [1.82, 2.24) is 9.13 Å². The van der Waals surface area contributed by atoms with Crippen molar-refractivity contribution in [2.75, 3.05) is 26.1 Å². The fourth-order valence-corrected chi connectivity index (χ4v) is 5.53. The third kappa shape index (κ3) is 8.24. The van der Waals surface area contributed by atoms with Crippen LogP contribution in [-0.2, 0) is 42.7 Å². The Bertz CT molecular complexity index is 1290. The van der Waals surface area contributed by atoms with Crippen LogP contribution in [0.25, 0.3) is 0 Å². The summed E-state index contributed by atoms with van der Waals surface area (Å²) in [6.07, 6.45) is -0.256. The SMILES string of the molecule is Cc1cn([C@@H]2O[C@H](COC3CCCCO3)[C@@H](OC3CCCCO3)[C@H]2OS(C)(=O)=O)c(=O)n(C(=O)OC(C)(C)C)c1=O. The van der Waals surface area contributed by atoms with Crippen molar-refractivity contribution >= 4 is 16.2 Å². The molecule has 4 heterocycles. The average Bonchev–Trinajstić information content (AvgIpc) is 3.20. The molecule has 0 radical (unpaired) electrons. The largest absolute Gasteiger partial charge is 0.443 e. The van der Waals surface area contributed by atoms with Crippen LogP contribution in [0.4, 0.5) is 4.79 Å². The molecule has 1 aromatic rings. The fraction of sp³-hybridized carbons (Fsp3) is 0.808. The van der Waals surface area contributed by atoms with E-state index in [4.69, 9.17) is 32.6 Å². The maximum atomic E-state index is 13.6. The predicted octanol–water partition coefficient (Wildman–Crippen LogP) is 1.80. The van der Waals surface area contributed by atoms with E-state index in [2.05, 4.69) is 0 Å². The minimum atomic E-state index is -4.10. The number of aryl methyl sites for hydroxylation is 1. The lowest BCUT2D eigenvalue weighted by Crippen LogP contribution is -2.49. The molecule has 2 unspecified atom stereocenters. The minimum absolute atomic E-state index is 0.0144. The lowest BCUT2D eigenvalue weighted by Gasteiger charge is -2.31. The van der Waals surface area contributed by atoms with Crippen molar-refractivity contribution in [3.8, 4) is 0 Å². The standard InChI is InChI=1S/C26H40N2O12S/c1-16-14-27(24(30)28(22(16)29)25(31)39-26(2,3)4)23-21(40-41(5,32)33)20(38-19-11-7-9-13-35-19)17(37-23)15-36-18-10-6-8-12-34-18/h14,17-21,23H,6-13,15H2,1-5H3/t17-,18?,19?,20-,21-,23-/m1/s1. The zero-order chi connectivity index (χ0) is 29.9. The lowest BCUT2D eigenvalue weighted by molar-refractivity contribution is -0.221. The van der Waals surface area contributed by atoms with Gasteiger partial charge in [-0.1, -0.05) is 0 Å². The van der Waals surface area contributed by atoms with Gasteiger partial charge in [-0.2, -0.15) is 13.0 Å². The van der Waals surface area contributed by atoms with Crippen LogP contribution in [0.15, 0.2) is 15.8 Å². The fourth-order valence-electron chi connectivity index (χ4n) is 4.92. The van der Waals surface area contributed by atoms with Crippen LogP contribution in [0.5, 0.6) is 0 Å². The highest BCUT2D eigenvalue weighted by Gasteiger charge is 2.51. The van der Waals surface area contributed by atoms with Gasteiger partial charge in [0.15, 0.2) is 24.9 Å². The molecule has 3 aliphatic heterocycles. The van der Waals surface area contributed by atoms with Crippen LogP contribution in [0.2, 0.25) is 0 Å². The number of carbonyl (C=O) groups excluding carboxylic acids is 1. The summed E-state index contributed by atoms with van der Waals surface area (Å²) >= 11 is 0. The van der Waals surface area contributed by atoms with Gasteiger partial charge in [0.25, 0.3) is 15.7 Å². The summed E-state index contributed by atoms with van der Waals surface area (Å²) in [6, 6.07) is 0. The number of rotatable bonds is 8. The average molecular weight is 605 g/mol. The van der Waals surface area contributed by atoms with Crippen LogP contribution >= 0.6 is 0 Å². The van der Waals surface area contributed by atoms with Gasteiger partial charge in [-0.3, -0.25) is 13.5 Å². The van der Waals surface area contributed by atoms with Crippen LogP contribution < -0.4 is 11.2 Å². The molecule has 0 aliphatic carbocycles. The molecule has 0 bridgehead atoms. The summed E-state index contributed by atoms with van der Waals surface area (Å²) in [4.78, 5) is 39.4. The van der Waals surface area contributed by atoms with Crippen molar-refractivity contribution in [3.05, 3.63) is 32.6 Å². The quantitative estimate of drug-likeness (QED) is 0.397. The Morgan fingerprint density at radius 2 is 1.66 bits per heavy atom. The highest BCUT2D eigenvalue weighted by molar-refractivity contribution is 7.86. The van der Waals surface area contributed by atoms with E-state index in [1.54, 1.807) is 20.8 Å². The van der Waals surface area contributed by atoms with Crippen molar-refractivity contribution in [2.45, 2.75) is 109 Å². The lowest BCUT2D eigenvalue weighted by atomic mass is 10.1. The van der Waals surface area contributed by atoms with Gasteiger partial charge in [-0.15, -0.1) is 0 Å². The van der Waals surface area contributed by atoms with E-state index < -0.39 is 70.2 Å². The second-order valence-electron chi connectivity index (χ2n) is 11.5. The van der Waals surface area contributed by atoms with Gasteiger partial charge >= 0.3 is 11.8 Å². The van der Waals surface area contributed by atoms with Crippen LogP contribution in [-0.4, -0.2) is 86.2 Å². The predicted molar refractivity (Wildman–Crippen MR) is 143 cm³/mol. The number of nitrogens with zero attached hydrogens (tertiary/aromatic N) is 2. The molecule has 15 heteroatoms. The molecule has 41 heavy (non-hydrogen) atoms. The molecule has 232 valence electrons. The van der Waals surface area contributed by atoms with Gasteiger partial charge in [0.05, 0.1) is 12.9 Å². The molecule has 0 saturated carbocycles. The zero-order valence-corrected chi connectivity index (χ0v) is 24.9. The van der Waals surface area contributed by atoms with Crippen LogP contribution in [0.3, 0.4) is 0 Å². The molecule has 6 atom stereocenters. The van der Waals surface area contributed by atoms with Gasteiger partial charge in [-0.25, -0.2) is 9.59 Å². The molecule has 0 spiro atoms. The van der Waals surface area contributed by atoms with Gasteiger partial charge < -0.3 is 28.4 Å². The maximum Gasteiger partial charge on any atom is 0.425 e. The number of ether oxygens (including phenoxy) is 6. The Morgan fingerprint density at radius 1 is 1.02 bits per heavy atom. The Morgan fingerprint density at radius 3 is 2.22 bits per heavy atom. The summed E-state index contributed by atoms with van der Waals surface area (Å²) < 4.78 is 66.6. The highest BCUT2D eigenvalue weighted by atomic mass is 32.2. The second kappa shape index (κ2) is 13.0. The number of carbonyl (C=O) groups is 1. The molecular formula is C26H40N2O12S. The molecule has 3 aliphatic rings. The van der Waals surface area contributed by atoms with Crippen LogP contribution in [0.1, 0.15) is 71.1 Å². The van der Waals surface area contributed by atoms with E-state index in [1.807, 2.05) is 0 Å². The molecule has 0 aromatic carbocycles. The van der Waals surface area contributed by atoms with Crippen molar-refractivity contribution in [1.29, 1.82) is 0 Å². The summed E-state index contributed by atoms with van der Waals surface area (Å²) in [7, 11) is -4.10. The van der Waals surface area contributed by atoms with Gasteiger partial charge in [0.2, 0.25) is 0 Å². The van der Waals surface area contributed by atoms with Crippen molar-refractivity contribution in [2.24, 2.45) is 0 Å². The second-order valence-corrected chi connectivity index (χ2v) is 13.1. The molecule has 1 aromatic heterocycles. The molecule has 14 nitrogen and oxygen atoms in total. The molecule has 3 fully saturated rings. The monoisotopic (exact) mass is 604 g/mol. The first-order valence-corrected chi connectivity index (χ1v) is 15.7. The van der Waals surface area contributed by atoms with Crippen molar-refractivity contribution in [3.63, 3.8) is 0 Å². The summed E-state index contributed by atoms with van der Waals surface area (Å²) in [5, 5.41) is 0. The summed E-state index contributed by atoms with van der Waals surface area (Å²) in [6.45, 7) is 7.14. The molecule has 4 rings (SSSR count). The minimum Gasteiger partial charge on any atom is -0.443 e. The highest BCUT2D eigenvalue weighted by Crippen LogP contribution is 2.36. The topological polar surface area (TPSA) is 160 Å². The summed E-state index contributed by atoms with van der Waals surface area (Å²) in [5.74, 6) is 0. The number of hydrogen-bond donors (Lipinski definition) is 0. The smallest absolute Gasteiger partial charge is 0.425 e. The number of hydrogen-bond acceptors (Lipinski definition) is 12. The zero-order valence-electron chi connectivity index (χ0n) is 24.1. The van der Waals surface area contributed by atoms with Gasteiger partial charge in [-0.05, 0) is 66.2 Å². The van der Waals surface area contributed by atoms with Crippen molar-refractivity contribution < 1.29 is 45.8 Å². The Labute approximate surface area is 238 Å². The molecule has 3 saturated heterocycles. The third-order valence-electron chi connectivity index (χ3n) is 6.74. The van der Waals surface area contributed by atoms with E-state index in [-0.39, 0.29) is 12.2 Å². The van der Waals surface area contributed by atoms with E-state index in [0.29, 0.717) is 30.6 Å². The van der Waals surface area contributed by atoms with E-state index >= 15 is 0 Å². The first-order chi connectivity index (χ1) is 19.2. The number of aromatic nitrogens is 2. The first-order valence-electron chi connectivity index (χ1n) is 13.9. The Balaban J connectivity index is 1.73. The van der Waals surface area contributed by atoms with E-state index in [1.165, 1.54) is 13.1 Å². The normalized spacial score (nSPS) is 29.4. The molecular weight excluding hydrogens is 564 g/mol. The molecule has 0 amide bonds. The van der Waals surface area contributed by atoms with E-state index in [9.17, 15) is 22.8 Å². The Kier molecular flexibility index (Phi) is 10.1. The third-order valence-corrected chi connectivity index (χ3v) is 7.31. The van der Waals surface area contributed by atoms with Crippen LogP contribution in [0, 0.1) is 6.92 Å². The van der Waals surface area contributed by atoms with Gasteiger partial charge in [0.1, 0.15) is 17.8 Å². The van der Waals surface area contributed by atoms with Gasteiger partial charge in [0, 0.05) is 25.0 Å². The van der Waals surface area contributed by atoms with E-state index in [0.717, 1.165) is 36.5 Å². The first kappa shape index (κ1) is 31.8. The Hall–Kier alpha value is -2.14. The summed E-state index contributed by atoms with van der Waals surface area (Å²) in [5.41, 5.74) is -2.95. The molecule has 0 N–H and O–H groups in total. The maximum absolute atomic E-state index is 13.6.